The number of hydrogen-bond acceptors (Lipinski definition) is 0. The second-order valence-corrected chi connectivity index (χ2v) is 13.8. The van der Waals surface area contributed by atoms with Gasteiger partial charge in [-0.25, -0.2) is 4.57 Å². The molecule has 2 aromatic carbocycles. The van der Waals surface area contributed by atoms with Gasteiger partial charge in [0.25, 0.3) is 0 Å². The van der Waals surface area contributed by atoms with E-state index in [4.69, 9.17) is 0 Å². The molecule has 0 N–H and O–H groups in total. The largest absolute Gasteiger partial charge is 0.220 e. The molecule has 0 saturated heterocycles. The Morgan fingerprint density at radius 3 is 2.41 bits per heavy atom. The van der Waals surface area contributed by atoms with Crippen LogP contribution in [0.1, 0.15) is 37.7 Å². The number of rotatable bonds is 3. The van der Waals surface area contributed by atoms with Gasteiger partial charge in [-0.1, -0.05) is 80.7 Å². The first-order chi connectivity index (χ1) is 13.0. The Morgan fingerprint density at radius 2 is 1.67 bits per heavy atom. The topological polar surface area (TPSA) is 3.88 Å². The Labute approximate surface area is 165 Å². The Kier molecular flexibility index (Phi) is 4.94. The van der Waals surface area contributed by atoms with Gasteiger partial charge in [0.15, 0.2) is 6.20 Å². The number of hydrogen-bond donors (Lipinski definition) is 0. The second-order valence-electron chi connectivity index (χ2n) is 8.95. The molecule has 0 unspecified atom stereocenters. The quantitative estimate of drug-likeness (QED) is 0.397. The molecule has 1 aromatic heterocycles. The van der Waals surface area contributed by atoms with E-state index in [9.17, 15) is 0 Å². The van der Waals surface area contributed by atoms with Gasteiger partial charge >= 0.3 is 0 Å². The van der Waals surface area contributed by atoms with Crippen molar-refractivity contribution in [1.82, 2.24) is 0 Å². The number of pyridine rings is 1. The minimum atomic E-state index is -1.42. The molecular weight excluding hydrogens is 342 g/mol. The van der Waals surface area contributed by atoms with Gasteiger partial charge < -0.3 is 0 Å². The molecule has 1 nitrogen and oxygen atoms in total. The van der Waals surface area contributed by atoms with Gasteiger partial charge in [-0.15, -0.1) is 0 Å². The Bertz CT molecular complexity index is 967. The second kappa shape index (κ2) is 7.24. The monoisotopic (exact) mass is 374 g/mol. The van der Waals surface area contributed by atoms with E-state index in [0.717, 1.165) is 5.54 Å². The highest BCUT2D eigenvalue weighted by molar-refractivity contribution is 6.91. The summed E-state index contributed by atoms with van der Waals surface area (Å²) in [5.74, 6) is 0. The molecule has 0 aliphatic heterocycles. The number of aryl methyl sites for hydroxylation is 2. The zero-order valence-electron chi connectivity index (χ0n) is 17.3. The minimum absolute atomic E-state index is 0.944. The van der Waals surface area contributed by atoms with E-state index in [0.29, 0.717) is 0 Å². The van der Waals surface area contributed by atoms with Gasteiger partial charge in [0.05, 0.1) is 13.5 Å². The van der Waals surface area contributed by atoms with Crippen LogP contribution in [0.4, 0.5) is 0 Å². The first kappa shape index (κ1) is 18.4. The number of aromatic nitrogens is 1. The highest BCUT2D eigenvalue weighted by Crippen LogP contribution is 2.37. The molecule has 1 aliphatic carbocycles. The fraction of sp³-hybridized carbons (Fsp3) is 0.400. The van der Waals surface area contributed by atoms with Crippen molar-refractivity contribution in [2.75, 3.05) is 0 Å². The maximum Gasteiger partial charge on any atom is 0.220 e. The fourth-order valence-electron chi connectivity index (χ4n) is 5.01. The van der Waals surface area contributed by atoms with E-state index < -0.39 is 8.07 Å². The summed E-state index contributed by atoms with van der Waals surface area (Å²) in [4.78, 5) is 0. The van der Waals surface area contributed by atoms with Crippen molar-refractivity contribution >= 4 is 24.0 Å². The average Bonchev–Trinajstić information content (AvgIpc) is 2.69. The SMILES string of the molecule is Cc1ccccc1-c1c2ccc([Si](C)(C)C3CCCCC3)cc2cc[n+]1C. The molecule has 0 radical (unpaired) electrons. The third-order valence-corrected chi connectivity index (χ3v) is 11.3. The summed E-state index contributed by atoms with van der Waals surface area (Å²) in [5.41, 5.74) is 4.94. The predicted octanol–water partition coefficient (Wildman–Crippen LogP) is 5.89. The molecule has 4 rings (SSSR count). The summed E-state index contributed by atoms with van der Waals surface area (Å²) in [7, 11) is 0.739. The third kappa shape index (κ3) is 3.36. The summed E-state index contributed by atoms with van der Waals surface area (Å²) < 4.78 is 2.27. The summed E-state index contributed by atoms with van der Waals surface area (Å²) >= 11 is 0. The molecule has 0 bridgehead atoms. The Morgan fingerprint density at radius 1 is 0.926 bits per heavy atom. The maximum atomic E-state index is 2.59. The number of nitrogens with zero attached hydrogens (tertiary/aromatic N) is 1. The number of fused-ring (bicyclic) bond motifs is 1. The van der Waals surface area contributed by atoms with Gasteiger partial charge in [-0.05, 0) is 35.5 Å². The molecule has 27 heavy (non-hydrogen) atoms. The minimum Gasteiger partial charge on any atom is -0.200 e. The van der Waals surface area contributed by atoms with Crippen molar-refractivity contribution in [3.05, 3.63) is 60.3 Å². The van der Waals surface area contributed by atoms with E-state index in [1.165, 1.54) is 59.7 Å². The fourth-order valence-corrected chi connectivity index (χ4v) is 8.37. The first-order valence-electron chi connectivity index (χ1n) is 10.5. The Hall–Kier alpha value is -1.93. The van der Waals surface area contributed by atoms with Crippen LogP contribution < -0.4 is 9.75 Å². The lowest BCUT2D eigenvalue weighted by molar-refractivity contribution is -0.659. The van der Waals surface area contributed by atoms with Crippen LogP contribution in [0, 0.1) is 6.92 Å². The maximum absolute atomic E-state index is 2.59. The summed E-state index contributed by atoms with van der Waals surface area (Å²) in [6, 6.07) is 18.4. The van der Waals surface area contributed by atoms with Crippen LogP contribution in [0.15, 0.2) is 54.7 Å². The van der Waals surface area contributed by atoms with Crippen LogP contribution in [0.2, 0.25) is 18.6 Å². The van der Waals surface area contributed by atoms with Gasteiger partial charge in [0.2, 0.25) is 5.69 Å². The lowest BCUT2D eigenvalue weighted by Crippen LogP contribution is -2.46. The lowest BCUT2D eigenvalue weighted by atomic mass is 9.99. The van der Waals surface area contributed by atoms with Crippen LogP contribution >= 0.6 is 0 Å². The summed E-state index contributed by atoms with van der Waals surface area (Å²) in [5, 5.41) is 4.39. The zero-order chi connectivity index (χ0) is 19.0. The van der Waals surface area contributed by atoms with Gasteiger partial charge in [-0.3, -0.25) is 0 Å². The molecule has 1 heterocycles. The average molecular weight is 375 g/mol. The summed E-state index contributed by atoms with van der Waals surface area (Å²) in [6.07, 6.45) is 9.41. The third-order valence-electron chi connectivity index (χ3n) is 6.91. The zero-order valence-corrected chi connectivity index (χ0v) is 18.3. The Balaban J connectivity index is 1.83. The van der Waals surface area contributed by atoms with Crippen molar-refractivity contribution in [3.63, 3.8) is 0 Å². The van der Waals surface area contributed by atoms with E-state index in [2.05, 4.69) is 86.4 Å². The molecule has 0 spiro atoms. The molecule has 1 saturated carbocycles. The van der Waals surface area contributed by atoms with Gasteiger partial charge in [0.1, 0.15) is 7.05 Å². The van der Waals surface area contributed by atoms with Crippen LogP contribution in [-0.4, -0.2) is 8.07 Å². The van der Waals surface area contributed by atoms with E-state index in [-0.39, 0.29) is 0 Å². The molecule has 0 amide bonds. The standard InChI is InChI=1S/C25H32NSi/c1-19-10-8-9-13-23(19)25-24-15-14-22(18-20(24)16-17-26(25)2)27(3,4)21-11-6-5-7-12-21/h8-10,13-18,21H,5-7,11-12H2,1-4H3/q+1. The summed E-state index contributed by atoms with van der Waals surface area (Å²) in [6.45, 7) is 7.40. The molecule has 1 aliphatic rings. The molecule has 0 atom stereocenters. The highest BCUT2D eigenvalue weighted by Gasteiger charge is 2.34. The molecular formula is C25H32NSi+. The molecule has 2 heteroatoms. The van der Waals surface area contributed by atoms with Crippen molar-refractivity contribution in [1.29, 1.82) is 0 Å². The van der Waals surface area contributed by atoms with E-state index in [1.807, 2.05) is 0 Å². The van der Waals surface area contributed by atoms with Gasteiger partial charge in [0, 0.05) is 11.6 Å². The van der Waals surface area contributed by atoms with E-state index >= 15 is 0 Å². The first-order valence-corrected chi connectivity index (χ1v) is 13.5. The molecule has 1 fully saturated rings. The van der Waals surface area contributed by atoms with Crippen molar-refractivity contribution < 1.29 is 4.57 Å². The van der Waals surface area contributed by atoms with E-state index in [1.54, 1.807) is 5.19 Å². The van der Waals surface area contributed by atoms with Crippen LogP contribution in [-0.2, 0) is 7.05 Å². The van der Waals surface area contributed by atoms with Crippen molar-refractivity contribution in [3.8, 4) is 11.3 Å². The van der Waals surface area contributed by atoms with Crippen LogP contribution in [0.3, 0.4) is 0 Å². The molecule has 3 aromatic rings. The van der Waals surface area contributed by atoms with Crippen LogP contribution in [0.5, 0.6) is 0 Å². The normalized spacial score (nSPS) is 16.0. The van der Waals surface area contributed by atoms with Crippen LogP contribution in [0.25, 0.3) is 22.0 Å². The van der Waals surface area contributed by atoms with Gasteiger partial charge in [-0.2, -0.15) is 0 Å². The highest BCUT2D eigenvalue weighted by atomic mass is 28.3. The van der Waals surface area contributed by atoms with Crippen molar-refractivity contribution in [2.45, 2.75) is 57.7 Å². The smallest absolute Gasteiger partial charge is 0.200 e. The number of benzene rings is 2. The molecule has 140 valence electrons. The lowest BCUT2D eigenvalue weighted by Gasteiger charge is -2.36. The predicted molar refractivity (Wildman–Crippen MR) is 119 cm³/mol. The van der Waals surface area contributed by atoms with Crippen molar-refractivity contribution in [2.24, 2.45) is 7.05 Å².